The van der Waals surface area contributed by atoms with Crippen molar-refractivity contribution in [1.29, 1.82) is 5.26 Å². The largest absolute Gasteiger partial charge is 0.490 e. The number of methoxy groups -OCH3 is 2. The van der Waals surface area contributed by atoms with Crippen LogP contribution in [0.1, 0.15) is 11.1 Å². The number of alkyl halides is 1. The van der Waals surface area contributed by atoms with E-state index in [9.17, 15) is 10.1 Å². The van der Waals surface area contributed by atoms with Crippen LogP contribution in [0.2, 0.25) is 0 Å². The fourth-order valence-electron chi connectivity index (χ4n) is 1.82. The molecule has 138 valence electrons. The molecule has 0 aliphatic rings. The third kappa shape index (κ3) is 5.95. The van der Waals surface area contributed by atoms with Crippen LogP contribution in [0.3, 0.4) is 0 Å². The SMILES string of the molecule is COCCOc1cc(C(Br)(OCCOC)C(=O)OOC)ccc1C#N. The minimum Gasteiger partial charge on any atom is -0.490 e. The van der Waals surface area contributed by atoms with Gasteiger partial charge < -0.3 is 18.9 Å². The van der Waals surface area contributed by atoms with E-state index in [2.05, 4.69) is 25.7 Å². The van der Waals surface area contributed by atoms with Gasteiger partial charge in [0.15, 0.2) is 0 Å². The van der Waals surface area contributed by atoms with Crippen LogP contribution in [0, 0.1) is 11.3 Å². The number of hydrogen-bond donors (Lipinski definition) is 0. The fraction of sp³-hybridized carbons (Fsp3) is 0.500. The van der Waals surface area contributed by atoms with Gasteiger partial charge >= 0.3 is 5.97 Å². The van der Waals surface area contributed by atoms with E-state index < -0.39 is 10.5 Å². The number of nitriles is 1. The molecule has 0 fully saturated rings. The molecule has 1 atom stereocenters. The highest BCUT2D eigenvalue weighted by Crippen LogP contribution is 2.37. The van der Waals surface area contributed by atoms with Crippen LogP contribution in [0.4, 0.5) is 0 Å². The Bertz CT molecular complexity index is 605. The molecule has 0 aliphatic carbocycles. The summed E-state index contributed by atoms with van der Waals surface area (Å²) in [5.41, 5.74) is 0.684. The number of halogens is 1. The number of rotatable bonds is 11. The lowest BCUT2D eigenvalue weighted by molar-refractivity contribution is -0.266. The van der Waals surface area contributed by atoms with Gasteiger partial charge in [-0.05, 0) is 28.1 Å². The van der Waals surface area contributed by atoms with Crippen molar-refractivity contribution in [3.63, 3.8) is 0 Å². The van der Waals surface area contributed by atoms with Gasteiger partial charge in [-0.25, -0.2) is 4.79 Å². The molecule has 1 rings (SSSR count). The van der Waals surface area contributed by atoms with Gasteiger partial charge in [0.2, 0.25) is 4.51 Å². The molecule has 0 saturated carbocycles. The maximum absolute atomic E-state index is 12.3. The second kappa shape index (κ2) is 11.0. The van der Waals surface area contributed by atoms with Gasteiger partial charge in [-0.2, -0.15) is 10.1 Å². The van der Waals surface area contributed by atoms with Crippen molar-refractivity contribution in [2.24, 2.45) is 0 Å². The fourth-order valence-corrected chi connectivity index (χ4v) is 2.30. The molecule has 9 heteroatoms. The van der Waals surface area contributed by atoms with Crippen molar-refractivity contribution in [3.8, 4) is 11.8 Å². The van der Waals surface area contributed by atoms with Crippen molar-refractivity contribution in [3.05, 3.63) is 29.3 Å². The van der Waals surface area contributed by atoms with Crippen LogP contribution in [-0.4, -0.2) is 53.7 Å². The summed E-state index contributed by atoms with van der Waals surface area (Å²) in [5.74, 6) is -0.528. The molecule has 0 aromatic heterocycles. The molecule has 0 radical (unpaired) electrons. The van der Waals surface area contributed by atoms with E-state index in [0.717, 1.165) is 0 Å². The molecule has 0 aliphatic heterocycles. The van der Waals surface area contributed by atoms with Gasteiger partial charge in [-0.1, -0.05) is 6.07 Å². The normalized spacial score (nSPS) is 12.9. The third-order valence-electron chi connectivity index (χ3n) is 3.03. The zero-order chi connectivity index (χ0) is 18.7. The second-order valence-electron chi connectivity index (χ2n) is 4.64. The Morgan fingerprint density at radius 3 is 2.44 bits per heavy atom. The topological polar surface area (TPSA) is 96.2 Å². The average Bonchev–Trinajstić information content (AvgIpc) is 2.62. The highest BCUT2D eigenvalue weighted by molar-refractivity contribution is 9.10. The minimum absolute atomic E-state index is 0.112. The van der Waals surface area contributed by atoms with E-state index >= 15 is 0 Å². The lowest BCUT2D eigenvalue weighted by Gasteiger charge is -2.25. The molecule has 25 heavy (non-hydrogen) atoms. The Labute approximate surface area is 154 Å². The number of benzene rings is 1. The summed E-state index contributed by atoms with van der Waals surface area (Å²) in [6.07, 6.45) is 0. The van der Waals surface area contributed by atoms with E-state index in [-0.39, 0.29) is 19.8 Å². The predicted octanol–water partition coefficient (Wildman–Crippen LogP) is 1.90. The number of carbonyl (C=O) groups excluding carboxylic acids is 1. The third-order valence-corrected chi connectivity index (χ3v) is 4.04. The number of nitrogens with zero attached hydrogens (tertiary/aromatic N) is 1. The summed E-state index contributed by atoms with van der Waals surface area (Å²) in [6.45, 7) is 0.975. The molecular formula is C16H20BrNO7. The number of carbonyl (C=O) groups is 1. The molecule has 0 bridgehead atoms. The first-order valence-electron chi connectivity index (χ1n) is 7.26. The molecule has 0 spiro atoms. The Kier molecular flexibility index (Phi) is 9.41. The van der Waals surface area contributed by atoms with Crippen LogP contribution in [0.15, 0.2) is 18.2 Å². The molecule has 0 amide bonds. The molecule has 1 unspecified atom stereocenters. The van der Waals surface area contributed by atoms with Crippen molar-refractivity contribution < 1.29 is 33.5 Å². The monoisotopic (exact) mass is 417 g/mol. The van der Waals surface area contributed by atoms with Gasteiger partial charge in [-0.3, -0.25) is 4.89 Å². The molecule has 0 N–H and O–H groups in total. The molecule has 1 aromatic rings. The summed E-state index contributed by atoms with van der Waals surface area (Å²) in [6, 6.07) is 6.62. The Morgan fingerprint density at radius 2 is 1.84 bits per heavy atom. The van der Waals surface area contributed by atoms with Gasteiger partial charge in [-0.15, -0.1) is 0 Å². The zero-order valence-corrected chi connectivity index (χ0v) is 15.8. The van der Waals surface area contributed by atoms with E-state index in [4.69, 9.17) is 18.9 Å². The minimum atomic E-state index is -1.64. The molecule has 8 nitrogen and oxygen atoms in total. The zero-order valence-electron chi connectivity index (χ0n) is 14.2. The Morgan fingerprint density at radius 1 is 1.16 bits per heavy atom. The maximum Gasteiger partial charge on any atom is 0.389 e. The molecule has 1 aromatic carbocycles. The maximum atomic E-state index is 12.3. The molecular weight excluding hydrogens is 398 g/mol. The van der Waals surface area contributed by atoms with Gasteiger partial charge in [0, 0.05) is 19.8 Å². The van der Waals surface area contributed by atoms with E-state index in [0.29, 0.717) is 23.5 Å². The van der Waals surface area contributed by atoms with Crippen LogP contribution in [-0.2, 0) is 33.3 Å². The molecule has 0 saturated heterocycles. The average molecular weight is 418 g/mol. The quantitative estimate of drug-likeness (QED) is 0.233. The van der Waals surface area contributed by atoms with Gasteiger partial charge in [0.05, 0.1) is 32.5 Å². The highest BCUT2D eigenvalue weighted by Gasteiger charge is 2.42. The number of hydrogen-bond acceptors (Lipinski definition) is 8. The van der Waals surface area contributed by atoms with Gasteiger partial charge in [0.1, 0.15) is 18.4 Å². The van der Waals surface area contributed by atoms with Crippen molar-refractivity contribution in [2.45, 2.75) is 4.51 Å². The first kappa shape index (κ1) is 21.3. The van der Waals surface area contributed by atoms with E-state index in [1.54, 1.807) is 13.2 Å². The van der Waals surface area contributed by atoms with Gasteiger partial charge in [0.25, 0.3) is 0 Å². The summed E-state index contributed by atoms with van der Waals surface area (Å²) in [4.78, 5) is 21.4. The van der Waals surface area contributed by atoms with Crippen molar-refractivity contribution in [2.75, 3.05) is 47.8 Å². The standard InChI is InChI=1S/C16H20BrNO7/c1-20-6-8-23-14-10-13(5-4-12(14)11-18)16(17,15(19)25-22-3)24-9-7-21-2/h4-5,10H,6-9H2,1-3H3. The smallest absolute Gasteiger partial charge is 0.389 e. The van der Waals surface area contributed by atoms with Crippen LogP contribution in [0.5, 0.6) is 5.75 Å². The van der Waals surface area contributed by atoms with E-state index in [1.807, 2.05) is 6.07 Å². The second-order valence-corrected chi connectivity index (χ2v) is 5.75. The highest BCUT2D eigenvalue weighted by atomic mass is 79.9. The Balaban J connectivity index is 3.17. The lowest BCUT2D eigenvalue weighted by atomic mass is 10.1. The first-order valence-corrected chi connectivity index (χ1v) is 8.06. The van der Waals surface area contributed by atoms with Crippen molar-refractivity contribution in [1.82, 2.24) is 0 Å². The summed E-state index contributed by atoms with van der Waals surface area (Å²) < 4.78 is 19.3. The number of ether oxygens (including phenoxy) is 4. The van der Waals surface area contributed by atoms with Crippen LogP contribution in [0.25, 0.3) is 0 Å². The Hall–Kier alpha value is -1.70. The lowest BCUT2D eigenvalue weighted by Crippen LogP contribution is -2.35. The van der Waals surface area contributed by atoms with E-state index in [1.165, 1.54) is 26.4 Å². The summed E-state index contributed by atoms with van der Waals surface area (Å²) >= 11 is 3.26. The summed E-state index contributed by atoms with van der Waals surface area (Å²) in [7, 11) is 4.26. The van der Waals surface area contributed by atoms with Crippen molar-refractivity contribution >= 4 is 21.9 Å². The predicted molar refractivity (Wildman–Crippen MR) is 90.1 cm³/mol. The summed E-state index contributed by atoms with van der Waals surface area (Å²) in [5, 5.41) is 9.20. The molecule has 0 heterocycles. The van der Waals surface area contributed by atoms with Crippen LogP contribution < -0.4 is 4.74 Å². The van der Waals surface area contributed by atoms with Crippen LogP contribution >= 0.6 is 15.9 Å². The first-order chi connectivity index (χ1) is 12.0.